The van der Waals surface area contributed by atoms with Gasteiger partial charge >= 0.3 is 12.4 Å². The molecular formula is C34H18Br2Cl6F8N2O6. The molecule has 0 spiro atoms. The number of Topliss-reactive ketones (excluding diaryl/α,β-unsaturated/α-hetero) is 2. The molecule has 4 aromatic carbocycles. The first-order chi connectivity index (χ1) is 26.5. The van der Waals surface area contributed by atoms with Crippen molar-refractivity contribution >= 4 is 119 Å². The summed E-state index contributed by atoms with van der Waals surface area (Å²) in [6, 6.07) is 10.4. The van der Waals surface area contributed by atoms with Crippen molar-refractivity contribution < 1.29 is 54.6 Å². The molecule has 1 unspecified atom stereocenters. The van der Waals surface area contributed by atoms with Gasteiger partial charge in [-0.05, 0) is 111 Å². The van der Waals surface area contributed by atoms with Crippen molar-refractivity contribution in [2.45, 2.75) is 31.1 Å². The number of hydrogen-bond donors (Lipinski definition) is 0. The molecule has 1 atom stereocenters. The minimum Gasteiger partial charge on any atom is -0.295 e. The summed E-state index contributed by atoms with van der Waals surface area (Å²) < 4.78 is 107. The van der Waals surface area contributed by atoms with Gasteiger partial charge in [0.15, 0.2) is 17.0 Å². The number of rotatable bonds is 9. The lowest BCUT2D eigenvalue weighted by Crippen LogP contribution is -2.49. The molecule has 0 heterocycles. The zero-order valence-corrected chi connectivity index (χ0v) is 35.9. The van der Waals surface area contributed by atoms with E-state index in [1.807, 2.05) is 0 Å². The van der Waals surface area contributed by atoms with Crippen LogP contribution in [-0.4, -0.2) is 40.3 Å². The highest BCUT2D eigenvalue weighted by Gasteiger charge is 2.61. The molecule has 0 saturated carbocycles. The second-order valence-corrected chi connectivity index (χ2v) is 15.4. The van der Waals surface area contributed by atoms with Crippen LogP contribution in [0.2, 0.25) is 30.1 Å². The third kappa shape index (κ3) is 13.7. The lowest BCUT2D eigenvalue weighted by Gasteiger charge is -2.32. The first kappa shape index (κ1) is 51.0. The number of nitro groups is 2. The summed E-state index contributed by atoms with van der Waals surface area (Å²) in [7, 11) is 0. The summed E-state index contributed by atoms with van der Waals surface area (Å²) in [4.78, 5) is 42.3. The molecule has 0 aliphatic rings. The predicted molar refractivity (Wildman–Crippen MR) is 211 cm³/mol. The number of carbonyl (C=O) groups is 2. The second kappa shape index (κ2) is 20.9. The van der Waals surface area contributed by atoms with Gasteiger partial charge < -0.3 is 0 Å². The van der Waals surface area contributed by atoms with Gasteiger partial charge in [0.25, 0.3) is 0 Å². The van der Waals surface area contributed by atoms with E-state index < -0.39 is 68.9 Å². The van der Waals surface area contributed by atoms with Crippen molar-refractivity contribution in [3.05, 3.63) is 160 Å². The molecule has 0 bridgehead atoms. The monoisotopic (exact) mass is 1070 g/mol. The summed E-state index contributed by atoms with van der Waals surface area (Å²) in [6.45, 7) is -0.210. The largest absolute Gasteiger partial charge is 0.422 e. The van der Waals surface area contributed by atoms with Crippen LogP contribution in [-0.2, 0) is 5.41 Å². The van der Waals surface area contributed by atoms with E-state index in [1.54, 1.807) is 0 Å². The van der Waals surface area contributed by atoms with Gasteiger partial charge in [0.1, 0.15) is 17.2 Å². The standard InChI is InChI=1S/C17H9BrCl3F4NO3.C9H3Cl3F3NO2.C8H6BrFO/c18-10-3-8(1-2-13(10)22)14(27)6-16(7-26(28)29,17(23,24)25)9-4-11(19)15(21)12(20)5-9;10-6-1-4(2-7(11)8(6)12)5(3-16(17)18)9(13,14)15;1-5(11)6-2-3-8(10)7(9)4-6/h1-5H,6-7H2;1-3H;2-4H,1H3/b;5-3-;. The molecule has 0 radical (unpaired) electrons. The molecule has 8 nitrogen and oxygen atoms in total. The van der Waals surface area contributed by atoms with Gasteiger partial charge in [0.2, 0.25) is 12.7 Å². The predicted octanol–water partition coefficient (Wildman–Crippen LogP) is 14.5. The Bertz CT molecular complexity index is 2240. The van der Waals surface area contributed by atoms with Gasteiger partial charge in [0.05, 0.1) is 44.0 Å². The molecule has 4 aromatic rings. The number of benzene rings is 4. The zero-order chi connectivity index (χ0) is 44.7. The molecule has 312 valence electrons. The Balaban J connectivity index is 0.000000338. The minimum absolute atomic E-state index is 0.0642. The normalized spacial score (nSPS) is 12.7. The maximum absolute atomic E-state index is 14.2. The lowest BCUT2D eigenvalue weighted by atomic mass is 9.74. The summed E-state index contributed by atoms with van der Waals surface area (Å²) >= 11 is 39.9. The Morgan fingerprint density at radius 3 is 1.47 bits per heavy atom. The molecule has 24 heteroatoms. The molecule has 0 N–H and O–H groups in total. The van der Waals surface area contributed by atoms with E-state index in [-0.39, 0.29) is 58.0 Å². The van der Waals surface area contributed by atoms with Crippen molar-refractivity contribution in [2.75, 3.05) is 6.54 Å². The van der Waals surface area contributed by atoms with Gasteiger partial charge in [-0.15, -0.1) is 0 Å². The fraction of sp³-hybridized carbons (Fsp3) is 0.176. The van der Waals surface area contributed by atoms with Crippen LogP contribution in [0.25, 0.3) is 5.57 Å². The number of ketones is 2. The molecule has 0 aromatic heterocycles. The number of halogens is 16. The summed E-state index contributed by atoms with van der Waals surface area (Å²) in [6.07, 6.45) is -11.6. The van der Waals surface area contributed by atoms with Crippen molar-refractivity contribution in [2.24, 2.45) is 0 Å². The summed E-state index contributed by atoms with van der Waals surface area (Å²) in [5, 5.41) is 19.8. The van der Waals surface area contributed by atoms with E-state index in [4.69, 9.17) is 69.6 Å². The molecule has 4 rings (SSSR count). The van der Waals surface area contributed by atoms with Crippen LogP contribution < -0.4 is 0 Å². The average Bonchev–Trinajstić information content (AvgIpc) is 3.09. The lowest BCUT2D eigenvalue weighted by molar-refractivity contribution is -0.501. The third-order valence-electron chi connectivity index (χ3n) is 7.34. The van der Waals surface area contributed by atoms with Crippen LogP contribution in [0.4, 0.5) is 35.1 Å². The van der Waals surface area contributed by atoms with Crippen LogP contribution >= 0.6 is 101 Å². The maximum atomic E-state index is 14.2. The fourth-order valence-electron chi connectivity index (χ4n) is 4.54. The molecule has 0 saturated heterocycles. The SMILES string of the molecule is CC(=O)c1ccc(F)c(Br)c1.O=C(CC(C[N+](=O)[O-])(c1cc(Cl)c(Cl)c(Cl)c1)C(F)(F)F)c1ccc(F)c(Br)c1.O=[N+]([O-])/C=C(/c1cc(Cl)c(Cl)c(Cl)c1)C(F)(F)F. The van der Waals surface area contributed by atoms with E-state index in [0.717, 1.165) is 42.5 Å². The third-order valence-corrected chi connectivity index (χ3v) is 11.0. The summed E-state index contributed by atoms with van der Waals surface area (Å²) in [5.41, 5.74) is -5.67. The van der Waals surface area contributed by atoms with E-state index in [2.05, 4.69) is 31.9 Å². The molecular weight excluding hydrogens is 1060 g/mol. The molecule has 0 amide bonds. The minimum atomic E-state index is -5.23. The Morgan fingerprint density at radius 1 is 0.690 bits per heavy atom. The first-order valence-electron chi connectivity index (χ1n) is 14.9. The van der Waals surface area contributed by atoms with E-state index >= 15 is 0 Å². The van der Waals surface area contributed by atoms with Gasteiger partial charge in [-0.25, -0.2) is 8.78 Å². The average molecular weight is 1080 g/mol. The van der Waals surface area contributed by atoms with Crippen molar-refractivity contribution in [3.63, 3.8) is 0 Å². The van der Waals surface area contributed by atoms with Crippen molar-refractivity contribution in [3.8, 4) is 0 Å². The maximum Gasteiger partial charge on any atom is 0.422 e. The van der Waals surface area contributed by atoms with E-state index in [1.165, 1.54) is 25.1 Å². The number of nitrogens with zero attached hydrogens (tertiary/aromatic N) is 2. The van der Waals surface area contributed by atoms with Gasteiger partial charge in [-0.1, -0.05) is 69.6 Å². The van der Waals surface area contributed by atoms with Crippen LogP contribution in [0.3, 0.4) is 0 Å². The van der Waals surface area contributed by atoms with Crippen molar-refractivity contribution in [1.82, 2.24) is 0 Å². The Kier molecular flexibility index (Phi) is 18.4. The number of alkyl halides is 6. The Hall–Kier alpha value is -3.10. The first-order valence-corrected chi connectivity index (χ1v) is 18.7. The second-order valence-electron chi connectivity index (χ2n) is 11.3. The van der Waals surface area contributed by atoms with Gasteiger partial charge in [-0.3, -0.25) is 29.8 Å². The van der Waals surface area contributed by atoms with Gasteiger partial charge in [-0.2, -0.15) is 26.3 Å². The number of carbonyl (C=O) groups excluding carboxylic acids is 2. The number of allylic oxidation sites excluding steroid dienone is 1. The molecule has 0 fully saturated rings. The highest BCUT2D eigenvalue weighted by atomic mass is 79.9. The summed E-state index contributed by atoms with van der Waals surface area (Å²) in [5.74, 6) is -2.24. The molecule has 58 heavy (non-hydrogen) atoms. The van der Waals surface area contributed by atoms with Crippen LogP contribution in [0.5, 0.6) is 0 Å². The van der Waals surface area contributed by atoms with Crippen LogP contribution in [0.15, 0.2) is 75.8 Å². The van der Waals surface area contributed by atoms with E-state index in [0.29, 0.717) is 10.0 Å². The zero-order valence-electron chi connectivity index (χ0n) is 28.2. The smallest absolute Gasteiger partial charge is 0.295 e. The topological polar surface area (TPSA) is 120 Å². The Morgan fingerprint density at radius 2 is 1.10 bits per heavy atom. The number of hydrogen-bond acceptors (Lipinski definition) is 6. The highest BCUT2D eigenvalue weighted by molar-refractivity contribution is 9.10. The molecule has 0 aliphatic heterocycles. The van der Waals surface area contributed by atoms with E-state index in [9.17, 15) is 64.9 Å². The van der Waals surface area contributed by atoms with Crippen LogP contribution in [0, 0.1) is 31.9 Å². The quantitative estimate of drug-likeness (QED) is 0.0541. The molecule has 0 aliphatic carbocycles. The van der Waals surface area contributed by atoms with Crippen molar-refractivity contribution in [1.29, 1.82) is 0 Å². The van der Waals surface area contributed by atoms with Gasteiger partial charge in [0, 0.05) is 22.5 Å². The fourth-order valence-corrected chi connectivity index (χ4v) is 6.49. The highest BCUT2D eigenvalue weighted by Crippen LogP contribution is 2.48. The Labute approximate surface area is 368 Å². The van der Waals surface area contributed by atoms with Crippen LogP contribution in [0.1, 0.15) is 45.2 Å².